The number of amides is 4. The van der Waals surface area contributed by atoms with Gasteiger partial charge in [-0.3, -0.25) is 19.2 Å². The zero-order valence-electron chi connectivity index (χ0n) is 73.8. The Morgan fingerprint density at radius 1 is 0.267 bits per heavy atom. The smallest absolute Gasteiger partial charge is 0.329 e. The normalized spacial score (nSPS) is 13.4. The highest BCUT2D eigenvalue weighted by Gasteiger charge is 2.35. The van der Waals surface area contributed by atoms with Crippen LogP contribution in [0.5, 0.6) is 23.0 Å². The van der Waals surface area contributed by atoms with Crippen molar-refractivity contribution in [3.8, 4) is 23.0 Å². The van der Waals surface area contributed by atoms with Crippen LogP contribution in [0.15, 0.2) is 170 Å². The third-order valence-electron chi connectivity index (χ3n) is 21.2. The van der Waals surface area contributed by atoms with Crippen LogP contribution in [0.25, 0.3) is 0 Å². The SMILES string of the molecule is CC(C)[C@H](NC(=O)COc1c2cc(C(C)(C)C)cc1Cc1cc(C(C)(C)C)cc(c1OCC(=O)N[C@H](C(=O)OCc1ccccc1)C(C)C)Cc1cc(C(C)(C)C)cc(c1OCC(=O)N[C@H](C(=O)OCc1ccccc1)C(C)C)Cc1cc(C(C)(C)C)cc(c1OCC(=O)N[C@H](C(=O)OCc1ccccc1)C(C)C)C2)C(=O)OCc1ccccc1. The van der Waals surface area contributed by atoms with Gasteiger partial charge in [0.2, 0.25) is 0 Å². The van der Waals surface area contributed by atoms with Gasteiger partial charge in [-0.2, -0.15) is 0 Å². The van der Waals surface area contributed by atoms with Gasteiger partial charge in [-0.05, 0) is 134 Å². The van der Waals surface area contributed by atoms with Crippen molar-refractivity contribution >= 4 is 47.5 Å². The molecular formula is C100H124N4O16. The van der Waals surface area contributed by atoms with E-state index in [1.807, 2.05) is 177 Å². The van der Waals surface area contributed by atoms with Crippen LogP contribution in [0.2, 0.25) is 0 Å². The van der Waals surface area contributed by atoms with Crippen molar-refractivity contribution < 1.29 is 76.3 Å². The number of ether oxygens (including phenoxy) is 8. The molecule has 0 heterocycles. The first-order valence-electron chi connectivity index (χ1n) is 41.8. The number of benzene rings is 8. The van der Waals surface area contributed by atoms with Crippen LogP contribution < -0.4 is 40.2 Å². The van der Waals surface area contributed by atoms with E-state index >= 15 is 0 Å². The predicted octanol–water partition coefficient (Wildman–Crippen LogP) is 16.6. The highest BCUT2D eigenvalue weighted by Crippen LogP contribution is 2.45. The fraction of sp³-hybridized carbons (Fsp3) is 0.440. The van der Waals surface area contributed by atoms with Crippen LogP contribution in [0, 0.1) is 23.7 Å². The van der Waals surface area contributed by atoms with Crippen LogP contribution in [0.1, 0.15) is 227 Å². The molecule has 640 valence electrons. The zero-order chi connectivity index (χ0) is 87.6. The van der Waals surface area contributed by atoms with E-state index in [-0.39, 0.29) is 52.1 Å². The van der Waals surface area contributed by atoms with E-state index in [2.05, 4.69) is 153 Å². The summed E-state index contributed by atoms with van der Waals surface area (Å²) in [6.45, 7) is 37.5. The molecule has 0 radical (unpaired) electrons. The van der Waals surface area contributed by atoms with Crippen LogP contribution >= 0.6 is 0 Å². The molecule has 0 saturated carbocycles. The van der Waals surface area contributed by atoms with Crippen molar-refractivity contribution in [2.45, 2.75) is 236 Å². The van der Waals surface area contributed by atoms with Gasteiger partial charge in [0.15, 0.2) is 26.4 Å². The highest BCUT2D eigenvalue weighted by atomic mass is 16.6. The fourth-order valence-corrected chi connectivity index (χ4v) is 14.0. The van der Waals surface area contributed by atoms with Gasteiger partial charge in [-0.15, -0.1) is 0 Å². The lowest BCUT2D eigenvalue weighted by Crippen LogP contribution is -2.47. The predicted molar refractivity (Wildman–Crippen MR) is 466 cm³/mol. The number of carbonyl (C=O) groups excluding carboxylic acids is 8. The largest absolute Gasteiger partial charge is 0.483 e. The molecule has 1 aliphatic rings. The second-order valence-electron chi connectivity index (χ2n) is 36.9. The Labute approximate surface area is 709 Å². The first-order chi connectivity index (χ1) is 56.6. The van der Waals surface area contributed by atoms with Crippen molar-refractivity contribution in [2.75, 3.05) is 26.4 Å². The molecule has 8 aromatic rings. The molecular weight excluding hydrogens is 1510 g/mol. The van der Waals surface area contributed by atoms with Gasteiger partial charge in [0.1, 0.15) is 73.6 Å². The summed E-state index contributed by atoms with van der Waals surface area (Å²) in [6.07, 6.45) is 0.190. The van der Waals surface area contributed by atoms with Crippen molar-refractivity contribution in [2.24, 2.45) is 23.7 Å². The Morgan fingerprint density at radius 2 is 0.425 bits per heavy atom. The zero-order valence-corrected chi connectivity index (χ0v) is 73.8. The van der Waals surface area contributed by atoms with Gasteiger partial charge < -0.3 is 59.2 Å². The summed E-state index contributed by atoms with van der Waals surface area (Å²) in [5.74, 6) is -5.27. The molecule has 1 aliphatic carbocycles. The molecule has 0 unspecified atom stereocenters. The number of hydrogen-bond acceptors (Lipinski definition) is 16. The second kappa shape index (κ2) is 41.1. The van der Waals surface area contributed by atoms with E-state index in [0.717, 1.165) is 44.5 Å². The Kier molecular flexibility index (Phi) is 31.7. The van der Waals surface area contributed by atoms with Gasteiger partial charge in [-0.25, -0.2) is 19.2 Å². The highest BCUT2D eigenvalue weighted by molar-refractivity contribution is 5.88. The number of esters is 4. The lowest BCUT2D eigenvalue weighted by atomic mass is 9.79. The third kappa shape index (κ3) is 26.4. The standard InChI is InChI=1S/C100H124N4O16/c1-61(2)85(93(109)117-53-65-33-25-21-26-34-65)101-81(105)57-113-89-69-41-71-47-78(98(12,13)14)49-73(90(71)114-58-82(106)102-86(62(3)4)94(110)118-54-66-35-27-22-28-36-66)43-75-51-80(100(18,19)20)52-76(92(75)116-60-84(108)104-88(64(7)8)96(112)120-56-68-39-31-24-32-40-68)44-74-50-79(99(15,16)17)48-72(42-70(89)46-77(45-69)97(9,10)11)91(74)115-59-83(107)103-87(63(5)6)95(111)119-55-67-37-29-23-30-38-67/h21-40,45-52,61-64,85-88H,41-44,53-60H2,1-20H3,(H,101,105)(H,102,106)(H,103,107)(H,104,108)/t85-,86-,87-,88-/m0/s1. The van der Waals surface area contributed by atoms with Gasteiger partial charge in [0, 0.05) is 25.7 Å². The Hall–Kier alpha value is -11.3. The molecule has 8 aromatic carbocycles. The molecule has 0 spiro atoms. The van der Waals surface area contributed by atoms with Crippen molar-refractivity contribution in [1.82, 2.24) is 21.3 Å². The van der Waals surface area contributed by atoms with Crippen molar-refractivity contribution in [3.63, 3.8) is 0 Å². The quantitative estimate of drug-likeness (QED) is 0.0226. The molecule has 0 fully saturated rings. The van der Waals surface area contributed by atoms with Gasteiger partial charge in [0.05, 0.1) is 0 Å². The second-order valence-corrected chi connectivity index (χ2v) is 36.9. The van der Waals surface area contributed by atoms with E-state index < -0.39 is 143 Å². The minimum absolute atomic E-state index is 0.0107. The summed E-state index contributed by atoms with van der Waals surface area (Å²) >= 11 is 0. The van der Waals surface area contributed by atoms with Gasteiger partial charge in [-0.1, -0.05) is 308 Å². The van der Waals surface area contributed by atoms with E-state index in [1.165, 1.54) is 0 Å². The fourth-order valence-electron chi connectivity index (χ4n) is 14.0. The Bertz CT molecular complexity index is 4170. The van der Waals surface area contributed by atoms with Crippen molar-refractivity contribution in [1.29, 1.82) is 0 Å². The summed E-state index contributed by atoms with van der Waals surface area (Å²) in [5, 5.41) is 11.8. The number of hydrogen-bond donors (Lipinski definition) is 4. The van der Waals surface area contributed by atoms with E-state index in [0.29, 0.717) is 67.5 Å². The summed E-state index contributed by atoms with van der Waals surface area (Å²) in [7, 11) is 0. The lowest BCUT2D eigenvalue weighted by molar-refractivity contribution is -0.151. The van der Waals surface area contributed by atoms with Crippen LogP contribution in [0.3, 0.4) is 0 Å². The number of nitrogens with one attached hydrogen (secondary N) is 4. The molecule has 8 bridgehead atoms. The number of fused-ring (bicyclic) bond motifs is 8. The third-order valence-corrected chi connectivity index (χ3v) is 21.2. The van der Waals surface area contributed by atoms with Crippen LogP contribution in [-0.4, -0.2) is 98.1 Å². The minimum atomic E-state index is -1.07. The monoisotopic (exact) mass is 1640 g/mol. The molecule has 20 nitrogen and oxygen atoms in total. The molecule has 0 saturated heterocycles. The molecule has 0 aliphatic heterocycles. The molecule has 0 aromatic heterocycles. The molecule has 9 rings (SSSR count). The summed E-state index contributed by atoms with van der Waals surface area (Å²) in [4.78, 5) is 116. The van der Waals surface area contributed by atoms with Gasteiger partial charge in [0.25, 0.3) is 23.6 Å². The topological polar surface area (TPSA) is 259 Å². The average Bonchev–Trinajstić information content (AvgIpc) is 0.758. The number of rotatable bonds is 32. The molecule has 4 atom stereocenters. The maximum atomic E-state index is 14.9. The molecule has 4 amide bonds. The molecule has 20 heteroatoms. The van der Waals surface area contributed by atoms with Crippen molar-refractivity contribution in [3.05, 3.63) is 259 Å². The molecule has 120 heavy (non-hydrogen) atoms. The summed E-state index contributed by atoms with van der Waals surface area (Å²) in [5.41, 5.74) is 9.28. The summed E-state index contributed by atoms with van der Waals surface area (Å²) in [6, 6.07) is 49.3. The van der Waals surface area contributed by atoms with Crippen LogP contribution in [-0.2, 0) is 131 Å². The maximum absolute atomic E-state index is 14.9. The Morgan fingerprint density at radius 3 is 0.567 bits per heavy atom. The van der Waals surface area contributed by atoms with Crippen LogP contribution in [0.4, 0.5) is 0 Å². The summed E-state index contributed by atoms with van der Waals surface area (Å²) < 4.78 is 51.7. The van der Waals surface area contributed by atoms with E-state index in [4.69, 9.17) is 37.9 Å². The van der Waals surface area contributed by atoms with E-state index in [9.17, 15) is 38.4 Å². The number of carbonyl (C=O) groups is 8. The van der Waals surface area contributed by atoms with E-state index in [1.54, 1.807) is 0 Å². The average molecular weight is 1640 g/mol. The lowest BCUT2D eigenvalue weighted by Gasteiger charge is -2.29. The van der Waals surface area contributed by atoms with Gasteiger partial charge >= 0.3 is 23.9 Å². The Balaban J connectivity index is 1.28. The minimum Gasteiger partial charge on any atom is -0.483 e. The molecule has 4 N–H and O–H groups in total. The maximum Gasteiger partial charge on any atom is 0.329 e. The first-order valence-corrected chi connectivity index (χ1v) is 41.8. The first kappa shape index (κ1) is 92.6.